The van der Waals surface area contributed by atoms with Crippen molar-refractivity contribution in [3.8, 4) is 0 Å². The molecule has 1 saturated heterocycles. The minimum absolute atomic E-state index is 0.728. The molecule has 0 radical (unpaired) electrons. The van der Waals surface area contributed by atoms with E-state index >= 15 is 0 Å². The summed E-state index contributed by atoms with van der Waals surface area (Å²) in [5.41, 5.74) is 1.32. The molecule has 2 heterocycles. The van der Waals surface area contributed by atoms with E-state index in [0.717, 1.165) is 18.0 Å². The largest absolute Gasteiger partial charge is 0.371 e. The molecule has 1 saturated carbocycles. The van der Waals surface area contributed by atoms with Crippen LogP contribution in [0, 0.1) is 5.92 Å². The van der Waals surface area contributed by atoms with Gasteiger partial charge in [-0.1, -0.05) is 6.92 Å². The second-order valence-electron chi connectivity index (χ2n) is 6.59. The fourth-order valence-electron chi connectivity index (χ4n) is 3.62. The second kappa shape index (κ2) is 6.57. The average molecular weight is 273 g/mol. The minimum Gasteiger partial charge on any atom is -0.371 e. The number of piperidine rings is 1. The first-order valence-corrected chi connectivity index (χ1v) is 8.22. The predicted octanol–water partition coefficient (Wildman–Crippen LogP) is 3.22. The summed E-state index contributed by atoms with van der Waals surface area (Å²) in [6, 6.07) is 5.75. The van der Waals surface area contributed by atoms with Crippen LogP contribution in [-0.2, 0) is 0 Å². The van der Waals surface area contributed by atoms with Crippen LogP contribution in [0.3, 0.4) is 0 Å². The number of nitrogens with one attached hydrogen (secondary N) is 1. The maximum atomic E-state index is 4.10. The Bertz CT molecular complexity index is 390. The van der Waals surface area contributed by atoms with E-state index in [1.807, 2.05) is 12.4 Å². The molecule has 110 valence electrons. The van der Waals surface area contributed by atoms with Crippen molar-refractivity contribution in [1.82, 2.24) is 10.3 Å². The van der Waals surface area contributed by atoms with Gasteiger partial charge in [0.15, 0.2) is 0 Å². The Labute approximate surface area is 122 Å². The highest BCUT2D eigenvalue weighted by Crippen LogP contribution is 2.25. The first kappa shape index (κ1) is 13.9. The molecule has 20 heavy (non-hydrogen) atoms. The van der Waals surface area contributed by atoms with Crippen LogP contribution in [0.15, 0.2) is 24.5 Å². The van der Waals surface area contributed by atoms with Gasteiger partial charge in [-0.2, -0.15) is 0 Å². The summed E-state index contributed by atoms with van der Waals surface area (Å²) in [7, 11) is 0. The van der Waals surface area contributed by atoms with Crippen molar-refractivity contribution in [1.29, 1.82) is 0 Å². The Morgan fingerprint density at radius 3 is 2.20 bits per heavy atom. The number of hydrogen-bond acceptors (Lipinski definition) is 3. The maximum absolute atomic E-state index is 4.10. The van der Waals surface area contributed by atoms with Crippen molar-refractivity contribution in [2.24, 2.45) is 5.92 Å². The Kier molecular flexibility index (Phi) is 4.56. The van der Waals surface area contributed by atoms with Crippen molar-refractivity contribution in [3.05, 3.63) is 24.5 Å². The summed E-state index contributed by atoms with van der Waals surface area (Å²) >= 11 is 0. The van der Waals surface area contributed by atoms with Gasteiger partial charge in [-0.25, -0.2) is 0 Å². The molecule has 1 aromatic rings. The predicted molar refractivity (Wildman–Crippen MR) is 84.0 cm³/mol. The number of pyridine rings is 1. The molecule has 1 aromatic heterocycles. The van der Waals surface area contributed by atoms with Crippen molar-refractivity contribution in [3.63, 3.8) is 0 Å². The molecular weight excluding hydrogens is 246 g/mol. The van der Waals surface area contributed by atoms with Crippen LogP contribution in [-0.4, -0.2) is 30.2 Å². The third-order valence-corrected chi connectivity index (χ3v) is 5.01. The smallest absolute Gasteiger partial charge is 0.0397 e. The summed E-state index contributed by atoms with van der Waals surface area (Å²) in [6.07, 6.45) is 11.9. The Hall–Kier alpha value is -1.09. The highest BCUT2D eigenvalue weighted by molar-refractivity contribution is 5.44. The number of aromatic nitrogens is 1. The van der Waals surface area contributed by atoms with E-state index in [0.29, 0.717) is 0 Å². The van der Waals surface area contributed by atoms with Gasteiger partial charge in [-0.15, -0.1) is 0 Å². The molecule has 1 N–H and O–H groups in total. The van der Waals surface area contributed by atoms with Crippen LogP contribution >= 0.6 is 0 Å². The maximum Gasteiger partial charge on any atom is 0.0397 e. The summed E-state index contributed by atoms with van der Waals surface area (Å²) in [4.78, 5) is 6.59. The van der Waals surface area contributed by atoms with Crippen molar-refractivity contribution in [2.45, 2.75) is 57.5 Å². The minimum atomic E-state index is 0.728. The van der Waals surface area contributed by atoms with Crippen LogP contribution in [0.2, 0.25) is 0 Å². The van der Waals surface area contributed by atoms with E-state index in [4.69, 9.17) is 0 Å². The highest BCUT2D eigenvalue weighted by atomic mass is 15.1. The zero-order chi connectivity index (χ0) is 13.8. The molecule has 3 rings (SSSR count). The van der Waals surface area contributed by atoms with Gasteiger partial charge in [-0.3, -0.25) is 4.98 Å². The van der Waals surface area contributed by atoms with E-state index < -0.39 is 0 Å². The van der Waals surface area contributed by atoms with Crippen molar-refractivity contribution >= 4 is 5.69 Å². The van der Waals surface area contributed by atoms with E-state index in [-0.39, 0.29) is 0 Å². The van der Waals surface area contributed by atoms with Gasteiger partial charge in [0.05, 0.1) is 0 Å². The molecule has 2 fully saturated rings. The van der Waals surface area contributed by atoms with Gasteiger partial charge < -0.3 is 10.2 Å². The molecule has 3 heteroatoms. The molecule has 3 nitrogen and oxygen atoms in total. The molecular formula is C17H27N3. The van der Waals surface area contributed by atoms with Crippen LogP contribution in [0.1, 0.15) is 45.4 Å². The van der Waals surface area contributed by atoms with Crippen LogP contribution in [0.5, 0.6) is 0 Å². The van der Waals surface area contributed by atoms with Gasteiger partial charge in [0, 0.05) is 43.3 Å². The zero-order valence-corrected chi connectivity index (χ0v) is 12.6. The molecule has 2 aliphatic rings. The highest BCUT2D eigenvalue weighted by Gasteiger charge is 2.24. The molecule has 0 spiro atoms. The second-order valence-corrected chi connectivity index (χ2v) is 6.59. The Balaban J connectivity index is 1.44. The molecule has 0 aromatic carbocycles. The van der Waals surface area contributed by atoms with Gasteiger partial charge in [0.2, 0.25) is 0 Å². The van der Waals surface area contributed by atoms with E-state index in [1.165, 1.54) is 57.3 Å². The lowest BCUT2D eigenvalue weighted by Crippen LogP contribution is -2.47. The third-order valence-electron chi connectivity index (χ3n) is 5.01. The normalized spacial score (nSPS) is 28.6. The monoisotopic (exact) mass is 273 g/mol. The molecule has 0 amide bonds. The Morgan fingerprint density at radius 2 is 1.55 bits per heavy atom. The Morgan fingerprint density at radius 1 is 0.950 bits per heavy atom. The van der Waals surface area contributed by atoms with Crippen LogP contribution in [0.25, 0.3) is 0 Å². The van der Waals surface area contributed by atoms with Gasteiger partial charge in [0.1, 0.15) is 0 Å². The van der Waals surface area contributed by atoms with Crippen molar-refractivity contribution in [2.75, 3.05) is 18.0 Å². The number of hydrogen-bond donors (Lipinski definition) is 1. The van der Waals surface area contributed by atoms with E-state index in [1.54, 1.807) is 0 Å². The summed E-state index contributed by atoms with van der Waals surface area (Å²) in [5.74, 6) is 0.946. The lowest BCUT2D eigenvalue weighted by Gasteiger charge is -2.37. The SMILES string of the molecule is CC1CCC(NC2CCN(c3ccncc3)CC2)CC1. The number of rotatable bonds is 3. The summed E-state index contributed by atoms with van der Waals surface area (Å²) in [5, 5.41) is 3.91. The molecule has 0 unspecified atom stereocenters. The first-order valence-electron chi connectivity index (χ1n) is 8.22. The molecule has 0 bridgehead atoms. The van der Waals surface area contributed by atoms with Gasteiger partial charge >= 0.3 is 0 Å². The average Bonchev–Trinajstić information content (AvgIpc) is 2.51. The third kappa shape index (κ3) is 3.51. The number of anilines is 1. The molecule has 1 aliphatic carbocycles. The standard InChI is InChI=1S/C17H27N3/c1-14-2-4-15(5-3-14)19-16-8-12-20(13-9-16)17-6-10-18-11-7-17/h6-7,10-11,14-16,19H,2-5,8-9,12-13H2,1H3. The summed E-state index contributed by atoms with van der Waals surface area (Å²) < 4.78 is 0. The molecule has 1 aliphatic heterocycles. The van der Waals surface area contributed by atoms with Crippen LogP contribution < -0.4 is 10.2 Å². The van der Waals surface area contributed by atoms with Gasteiger partial charge in [-0.05, 0) is 56.6 Å². The first-order chi connectivity index (χ1) is 9.81. The van der Waals surface area contributed by atoms with E-state index in [2.05, 4.69) is 34.3 Å². The lowest BCUT2D eigenvalue weighted by atomic mass is 9.86. The molecule has 0 atom stereocenters. The quantitative estimate of drug-likeness (QED) is 0.916. The fraction of sp³-hybridized carbons (Fsp3) is 0.706. The fourth-order valence-corrected chi connectivity index (χ4v) is 3.62. The lowest BCUT2D eigenvalue weighted by molar-refractivity contribution is 0.270. The van der Waals surface area contributed by atoms with Crippen LogP contribution in [0.4, 0.5) is 5.69 Å². The zero-order valence-electron chi connectivity index (χ0n) is 12.6. The topological polar surface area (TPSA) is 28.2 Å². The van der Waals surface area contributed by atoms with E-state index in [9.17, 15) is 0 Å². The van der Waals surface area contributed by atoms with Gasteiger partial charge in [0.25, 0.3) is 0 Å². The van der Waals surface area contributed by atoms with Crippen molar-refractivity contribution < 1.29 is 0 Å². The number of nitrogens with zero attached hydrogens (tertiary/aromatic N) is 2. The summed E-state index contributed by atoms with van der Waals surface area (Å²) in [6.45, 7) is 4.74.